The van der Waals surface area contributed by atoms with E-state index in [1.54, 1.807) is 0 Å². The molecule has 0 radical (unpaired) electrons. The van der Waals surface area contributed by atoms with Crippen LogP contribution < -0.4 is 10.5 Å². The van der Waals surface area contributed by atoms with Crippen LogP contribution in [0, 0.1) is 0 Å². The number of aromatic nitrogens is 2. The Bertz CT molecular complexity index is 314. The first-order chi connectivity index (χ1) is 6.54. The monoisotopic (exact) mass is 213 g/mol. The first-order valence-electron chi connectivity index (χ1n) is 4.80. The van der Waals surface area contributed by atoms with Crippen molar-refractivity contribution in [2.75, 3.05) is 6.61 Å². The molecule has 14 heavy (non-hydrogen) atoms. The number of nitrogens with zero attached hydrogens (tertiary/aromatic N) is 2. The van der Waals surface area contributed by atoms with Gasteiger partial charge in [0.1, 0.15) is 12.4 Å². The van der Waals surface area contributed by atoms with Crippen LogP contribution in [0.15, 0.2) is 0 Å². The Morgan fingerprint density at radius 2 is 2.29 bits per heavy atom. The molecule has 1 aliphatic rings. The Balaban J connectivity index is 1.90. The van der Waals surface area contributed by atoms with E-state index in [4.69, 9.17) is 10.5 Å². The molecular formula is C9H15N3OS. The van der Waals surface area contributed by atoms with Gasteiger partial charge in [0.2, 0.25) is 0 Å². The molecule has 1 saturated carbocycles. The number of nitrogens with two attached hydrogens (primary N) is 1. The molecular weight excluding hydrogens is 198 g/mol. The first-order valence-corrected chi connectivity index (χ1v) is 5.57. The average molecular weight is 213 g/mol. The second-order valence-corrected chi connectivity index (χ2v) is 5.18. The lowest BCUT2D eigenvalue weighted by atomic mass is 10.1. The van der Waals surface area contributed by atoms with Crippen LogP contribution in [-0.4, -0.2) is 21.5 Å². The van der Waals surface area contributed by atoms with Crippen LogP contribution in [0.25, 0.3) is 0 Å². The highest BCUT2D eigenvalue weighted by Crippen LogP contribution is 2.39. The molecule has 5 heteroatoms. The maximum atomic E-state index is 5.79. The van der Waals surface area contributed by atoms with E-state index in [2.05, 4.69) is 9.36 Å². The van der Waals surface area contributed by atoms with Crippen molar-refractivity contribution >= 4 is 11.5 Å². The van der Waals surface area contributed by atoms with Gasteiger partial charge in [0, 0.05) is 23.0 Å². The summed E-state index contributed by atoms with van der Waals surface area (Å²) >= 11 is 1.32. The Kier molecular flexibility index (Phi) is 2.45. The zero-order valence-electron chi connectivity index (χ0n) is 8.49. The highest BCUT2D eigenvalue weighted by Gasteiger charge is 2.28. The van der Waals surface area contributed by atoms with Gasteiger partial charge in [-0.15, -0.1) is 0 Å². The summed E-state index contributed by atoms with van der Waals surface area (Å²) in [6.45, 7) is 4.33. The van der Waals surface area contributed by atoms with Gasteiger partial charge in [-0.05, 0) is 26.7 Å². The molecule has 1 aliphatic carbocycles. The normalized spacial score (nSPS) is 17.1. The molecule has 0 aromatic carbocycles. The van der Waals surface area contributed by atoms with E-state index in [9.17, 15) is 0 Å². The van der Waals surface area contributed by atoms with Crippen LogP contribution in [0.4, 0.5) is 0 Å². The maximum Gasteiger partial charge on any atom is 0.293 e. The molecule has 1 heterocycles. The van der Waals surface area contributed by atoms with Crippen molar-refractivity contribution in [1.29, 1.82) is 0 Å². The highest BCUT2D eigenvalue weighted by molar-refractivity contribution is 7.07. The SMILES string of the molecule is CC(C)(N)COc1nc(C2CC2)ns1. The van der Waals surface area contributed by atoms with Crippen LogP contribution in [0.1, 0.15) is 38.4 Å². The van der Waals surface area contributed by atoms with Gasteiger partial charge >= 0.3 is 0 Å². The molecule has 1 aromatic rings. The Morgan fingerprint density at radius 3 is 2.86 bits per heavy atom. The molecule has 1 fully saturated rings. The Labute approximate surface area is 87.7 Å². The molecule has 4 nitrogen and oxygen atoms in total. The van der Waals surface area contributed by atoms with E-state index in [-0.39, 0.29) is 5.54 Å². The lowest BCUT2D eigenvalue weighted by Crippen LogP contribution is -2.38. The molecule has 78 valence electrons. The van der Waals surface area contributed by atoms with Crippen LogP contribution in [0.5, 0.6) is 5.19 Å². The molecule has 0 atom stereocenters. The van der Waals surface area contributed by atoms with Gasteiger partial charge in [-0.1, -0.05) is 0 Å². The molecule has 0 aliphatic heterocycles. The second kappa shape index (κ2) is 3.47. The minimum atomic E-state index is -0.314. The van der Waals surface area contributed by atoms with Gasteiger partial charge in [0.05, 0.1) is 0 Å². The highest BCUT2D eigenvalue weighted by atomic mass is 32.1. The summed E-state index contributed by atoms with van der Waals surface area (Å²) < 4.78 is 9.69. The van der Waals surface area contributed by atoms with Gasteiger partial charge < -0.3 is 10.5 Å². The van der Waals surface area contributed by atoms with Crippen molar-refractivity contribution in [1.82, 2.24) is 9.36 Å². The van der Waals surface area contributed by atoms with Gasteiger partial charge in [-0.2, -0.15) is 9.36 Å². The fourth-order valence-corrected chi connectivity index (χ4v) is 1.64. The lowest BCUT2D eigenvalue weighted by molar-refractivity contribution is 0.242. The quantitative estimate of drug-likeness (QED) is 0.824. The predicted molar refractivity (Wildman–Crippen MR) is 55.6 cm³/mol. The number of hydrogen-bond acceptors (Lipinski definition) is 5. The molecule has 0 spiro atoms. The zero-order valence-corrected chi connectivity index (χ0v) is 9.30. The lowest BCUT2D eigenvalue weighted by Gasteiger charge is -2.16. The standard InChI is InChI=1S/C9H15N3OS/c1-9(2,10)5-13-8-11-7(12-14-8)6-3-4-6/h6H,3-5,10H2,1-2H3. The number of ether oxygens (including phenoxy) is 1. The molecule has 0 saturated heterocycles. The van der Waals surface area contributed by atoms with E-state index in [1.807, 2.05) is 13.8 Å². The van der Waals surface area contributed by atoms with Crippen LogP contribution in [0.3, 0.4) is 0 Å². The van der Waals surface area contributed by atoms with Crippen molar-refractivity contribution in [3.05, 3.63) is 5.82 Å². The van der Waals surface area contributed by atoms with E-state index in [1.165, 1.54) is 24.4 Å². The van der Waals surface area contributed by atoms with Gasteiger partial charge in [0.25, 0.3) is 5.19 Å². The van der Waals surface area contributed by atoms with E-state index in [0.717, 1.165) is 5.82 Å². The zero-order chi connectivity index (χ0) is 10.2. The topological polar surface area (TPSA) is 61.0 Å². The van der Waals surface area contributed by atoms with Gasteiger partial charge in [0.15, 0.2) is 0 Å². The van der Waals surface area contributed by atoms with Crippen molar-refractivity contribution in [3.63, 3.8) is 0 Å². The van der Waals surface area contributed by atoms with Crippen LogP contribution >= 0.6 is 11.5 Å². The largest absolute Gasteiger partial charge is 0.467 e. The summed E-state index contributed by atoms with van der Waals surface area (Å²) in [6, 6.07) is 0. The summed E-state index contributed by atoms with van der Waals surface area (Å²) in [5.41, 5.74) is 5.48. The van der Waals surface area contributed by atoms with Gasteiger partial charge in [-0.25, -0.2) is 0 Å². The maximum absolute atomic E-state index is 5.79. The third-order valence-corrected chi connectivity index (χ3v) is 2.58. The van der Waals surface area contributed by atoms with E-state index < -0.39 is 0 Å². The van der Waals surface area contributed by atoms with Gasteiger partial charge in [-0.3, -0.25) is 0 Å². The summed E-state index contributed by atoms with van der Waals surface area (Å²) in [6.07, 6.45) is 2.44. The number of hydrogen-bond donors (Lipinski definition) is 1. The van der Waals surface area contributed by atoms with Crippen molar-refractivity contribution in [2.24, 2.45) is 5.73 Å². The molecule has 0 amide bonds. The fraction of sp³-hybridized carbons (Fsp3) is 0.778. The van der Waals surface area contributed by atoms with Crippen molar-refractivity contribution < 1.29 is 4.74 Å². The second-order valence-electron chi connectivity index (χ2n) is 4.47. The summed E-state index contributed by atoms with van der Waals surface area (Å²) in [5.74, 6) is 1.54. The molecule has 2 N–H and O–H groups in total. The molecule has 0 bridgehead atoms. The summed E-state index contributed by atoms with van der Waals surface area (Å²) in [5, 5.41) is 0.644. The smallest absolute Gasteiger partial charge is 0.293 e. The van der Waals surface area contributed by atoms with E-state index in [0.29, 0.717) is 17.7 Å². The third-order valence-electron chi connectivity index (χ3n) is 1.93. The Hall–Kier alpha value is -0.680. The molecule has 2 rings (SSSR count). The number of rotatable bonds is 4. The van der Waals surface area contributed by atoms with Crippen molar-refractivity contribution in [2.45, 2.75) is 38.1 Å². The van der Waals surface area contributed by atoms with Crippen LogP contribution in [-0.2, 0) is 0 Å². The van der Waals surface area contributed by atoms with Crippen LogP contribution in [0.2, 0.25) is 0 Å². The van der Waals surface area contributed by atoms with E-state index >= 15 is 0 Å². The third kappa shape index (κ3) is 2.65. The molecule has 1 aromatic heterocycles. The average Bonchev–Trinajstić information content (AvgIpc) is 2.81. The summed E-state index contributed by atoms with van der Waals surface area (Å²) in [7, 11) is 0. The Morgan fingerprint density at radius 1 is 1.57 bits per heavy atom. The minimum absolute atomic E-state index is 0.314. The predicted octanol–water partition coefficient (Wildman–Crippen LogP) is 1.53. The summed E-state index contributed by atoms with van der Waals surface area (Å²) in [4.78, 5) is 4.30. The molecule has 0 unspecified atom stereocenters. The fourth-order valence-electron chi connectivity index (χ4n) is 1.03. The van der Waals surface area contributed by atoms with Crippen molar-refractivity contribution in [3.8, 4) is 5.19 Å². The minimum Gasteiger partial charge on any atom is -0.467 e. The first kappa shape index (κ1) is 9.86.